The zero-order chi connectivity index (χ0) is 18.6. The predicted octanol–water partition coefficient (Wildman–Crippen LogP) is 3.13. The molecule has 1 N–H and O–H groups in total. The Hall–Kier alpha value is -3.74. The molecule has 27 heavy (non-hydrogen) atoms. The van der Waals surface area contributed by atoms with Gasteiger partial charge >= 0.3 is 0 Å². The maximum Gasteiger partial charge on any atom is 0.257 e. The second-order valence-electron chi connectivity index (χ2n) is 5.87. The first kappa shape index (κ1) is 16.7. The smallest absolute Gasteiger partial charge is 0.257 e. The quantitative estimate of drug-likeness (QED) is 0.594. The lowest BCUT2D eigenvalue weighted by Crippen LogP contribution is -2.24. The van der Waals surface area contributed by atoms with Crippen LogP contribution in [-0.4, -0.2) is 25.2 Å². The van der Waals surface area contributed by atoms with Gasteiger partial charge in [-0.15, -0.1) is 0 Å². The zero-order valence-electron chi connectivity index (χ0n) is 14.3. The van der Waals surface area contributed by atoms with Gasteiger partial charge in [-0.2, -0.15) is 5.10 Å². The molecule has 0 fully saturated rings. The van der Waals surface area contributed by atoms with Gasteiger partial charge in [0.25, 0.3) is 5.91 Å². The Bertz CT molecular complexity index is 1060. The highest BCUT2D eigenvalue weighted by Gasteiger charge is 2.20. The molecule has 0 radical (unpaired) electrons. The topological polar surface area (TPSA) is 64.7 Å². The molecule has 0 atom stereocenters. The Morgan fingerprint density at radius 2 is 1.93 bits per heavy atom. The summed E-state index contributed by atoms with van der Waals surface area (Å²) in [7, 11) is 0. The van der Waals surface area contributed by atoms with Crippen LogP contribution in [0.5, 0.6) is 0 Å². The van der Waals surface area contributed by atoms with Gasteiger partial charge < -0.3 is 9.88 Å². The summed E-state index contributed by atoms with van der Waals surface area (Å²) in [5.74, 6) is -0.126. The van der Waals surface area contributed by atoms with Crippen LogP contribution in [0, 0.1) is 5.82 Å². The van der Waals surface area contributed by atoms with E-state index in [-0.39, 0.29) is 11.7 Å². The molecule has 4 aromatic rings. The van der Waals surface area contributed by atoms with Crippen molar-refractivity contribution in [2.24, 2.45) is 0 Å². The van der Waals surface area contributed by atoms with Gasteiger partial charge in [-0.3, -0.25) is 9.78 Å². The van der Waals surface area contributed by atoms with E-state index in [0.717, 1.165) is 5.69 Å². The van der Waals surface area contributed by atoms with E-state index in [1.54, 1.807) is 27.6 Å². The molecule has 0 saturated carbocycles. The number of aromatic nitrogens is 4. The van der Waals surface area contributed by atoms with Crippen LogP contribution in [0.15, 0.2) is 79.4 Å². The van der Waals surface area contributed by atoms with Crippen LogP contribution in [0.25, 0.3) is 11.5 Å². The van der Waals surface area contributed by atoms with Crippen molar-refractivity contribution in [3.63, 3.8) is 0 Å². The van der Waals surface area contributed by atoms with Crippen molar-refractivity contribution in [3.8, 4) is 11.5 Å². The number of amides is 1. The lowest BCUT2D eigenvalue weighted by atomic mass is 10.2. The van der Waals surface area contributed by atoms with Crippen LogP contribution >= 0.6 is 0 Å². The fourth-order valence-corrected chi connectivity index (χ4v) is 2.79. The molecule has 0 aliphatic heterocycles. The third-order valence-corrected chi connectivity index (χ3v) is 4.05. The third kappa shape index (κ3) is 3.48. The lowest BCUT2D eigenvalue weighted by Gasteiger charge is -2.11. The first-order chi connectivity index (χ1) is 13.2. The second kappa shape index (κ2) is 7.25. The average Bonchev–Trinajstić information content (AvgIpc) is 3.36. The molecule has 0 bridgehead atoms. The number of nitrogens with one attached hydrogen (secondary N) is 1. The summed E-state index contributed by atoms with van der Waals surface area (Å²) in [6, 6.07) is 15.3. The summed E-state index contributed by atoms with van der Waals surface area (Å²) in [5, 5.41) is 7.16. The molecule has 4 rings (SSSR count). The van der Waals surface area contributed by atoms with Crippen molar-refractivity contribution in [3.05, 3.63) is 96.5 Å². The van der Waals surface area contributed by atoms with Crippen LogP contribution in [0.4, 0.5) is 4.39 Å². The Morgan fingerprint density at radius 1 is 1.07 bits per heavy atom. The normalized spacial score (nSPS) is 10.7. The van der Waals surface area contributed by atoms with Crippen molar-refractivity contribution >= 4 is 5.91 Å². The summed E-state index contributed by atoms with van der Waals surface area (Å²) >= 11 is 0. The number of hydrogen-bond acceptors (Lipinski definition) is 3. The van der Waals surface area contributed by atoms with Gasteiger partial charge in [-0.1, -0.05) is 12.1 Å². The molecule has 6 nitrogen and oxygen atoms in total. The van der Waals surface area contributed by atoms with Crippen molar-refractivity contribution in [1.29, 1.82) is 0 Å². The second-order valence-corrected chi connectivity index (χ2v) is 5.87. The molecule has 1 amide bonds. The van der Waals surface area contributed by atoms with E-state index in [4.69, 9.17) is 0 Å². The molecule has 0 aliphatic rings. The Kier molecular flexibility index (Phi) is 4.49. The highest BCUT2D eigenvalue weighted by atomic mass is 19.1. The van der Waals surface area contributed by atoms with E-state index in [1.165, 1.54) is 18.3 Å². The highest BCUT2D eigenvalue weighted by molar-refractivity contribution is 5.97. The minimum atomic E-state index is -0.373. The zero-order valence-corrected chi connectivity index (χ0v) is 14.3. The number of pyridine rings is 1. The predicted molar refractivity (Wildman–Crippen MR) is 98.3 cm³/mol. The van der Waals surface area contributed by atoms with E-state index in [2.05, 4.69) is 15.4 Å². The van der Waals surface area contributed by atoms with Gasteiger partial charge in [-0.05, 0) is 42.5 Å². The fraction of sp³-hybridized carbons (Fsp3) is 0.0500. The van der Waals surface area contributed by atoms with Crippen molar-refractivity contribution in [1.82, 2.24) is 24.6 Å². The Morgan fingerprint density at radius 3 is 2.67 bits per heavy atom. The minimum absolute atomic E-state index is 0.285. The largest absolute Gasteiger partial charge is 0.346 e. The van der Waals surface area contributed by atoms with Crippen LogP contribution in [-0.2, 0) is 6.54 Å². The first-order valence-electron chi connectivity index (χ1n) is 8.38. The summed E-state index contributed by atoms with van der Waals surface area (Å²) in [6.45, 7) is 0.302. The molecular weight excluding hydrogens is 345 g/mol. The molecule has 0 spiro atoms. The maximum absolute atomic E-state index is 13.7. The molecule has 0 unspecified atom stereocenters. The average molecular weight is 361 g/mol. The summed E-state index contributed by atoms with van der Waals surface area (Å²) in [6.07, 6.45) is 6.77. The minimum Gasteiger partial charge on any atom is -0.346 e. The molecule has 3 aromatic heterocycles. The number of carbonyl (C=O) groups excluding carboxylic acids is 1. The number of rotatable bonds is 5. The SMILES string of the molecule is O=C(NCc1ccccn1)c1cnn(-c2cccc(F)c2)c1-n1cccc1. The highest BCUT2D eigenvalue weighted by Crippen LogP contribution is 2.20. The number of nitrogens with zero attached hydrogens (tertiary/aromatic N) is 4. The van der Waals surface area contributed by atoms with E-state index < -0.39 is 0 Å². The molecule has 134 valence electrons. The van der Waals surface area contributed by atoms with E-state index in [1.807, 2.05) is 42.7 Å². The van der Waals surface area contributed by atoms with E-state index >= 15 is 0 Å². The number of halogens is 1. The number of benzene rings is 1. The third-order valence-electron chi connectivity index (χ3n) is 4.05. The Balaban J connectivity index is 1.69. The van der Waals surface area contributed by atoms with Gasteiger partial charge in [0.15, 0.2) is 5.82 Å². The van der Waals surface area contributed by atoms with Gasteiger partial charge in [-0.25, -0.2) is 9.07 Å². The molecule has 7 heteroatoms. The first-order valence-corrected chi connectivity index (χ1v) is 8.38. The number of carbonyl (C=O) groups is 1. The molecule has 0 aliphatic carbocycles. The van der Waals surface area contributed by atoms with Crippen molar-refractivity contribution in [2.75, 3.05) is 0 Å². The maximum atomic E-state index is 13.7. The van der Waals surface area contributed by atoms with E-state index in [9.17, 15) is 9.18 Å². The number of hydrogen-bond donors (Lipinski definition) is 1. The van der Waals surface area contributed by atoms with Crippen LogP contribution in [0.3, 0.4) is 0 Å². The fourth-order valence-electron chi connectivity index (χ4n) is 2.79. The van der Waals surface area contributed by atoms with Crippen LogP contribution in [0.1, 0.15) is 16.1 Å². The van der Waals surface area contributed by atoms with Crippen molar-refractivity contribution < 1.29 is 9.18 Å². The van der Waals surface area contributed by atoms with Gasteiger partial charge in [0, 0.05) is 18.6 Å². The standard InChI is InChI=1S/C20H16FN5O/c21-15-6-5-8-17(12-15)26-20(25-10-3-4-11-25)18(14-24-26)19(27)23-13-16-7-1-2-9-22-16/h1-12,14H,13H2,(H,23,27). The lowest BCUT2D eigenvalue weighted by molar-refractivity contribution is 0.0950. The van der Waals surface area contributed by atoms with Gasteiger partial charge in [0.2, 0.25) is 0 Å². The molecule has 0 saturated heterocycles. The van der Waals surface area contributed by atoms with E-state index in [0.29, 0.717) is 23.6 Å². The Labute approximate surface area is 154 Å². The summed E-state index contributed by atoms with van der Waals surface area (Å²) < 4.78 is 17.0. The van der Waals surface area contributed by atoms with Crippen molar-refractivity contribution in [2.45, 2.75) is 6.54 Å². The molecule has 3 heterocycles. The van der Waals surface area contributed by atoms with Crippen LogP contribution in [0.2, 0.25) is 0 Å². The van der Waals surface area contributed by atoms with Gasteiger partial charge in [0.1, 0.15) is 11.4 Å². The van der Waals surface area contributed by atoms with Crippen LogP contribution < -0.4 is 5.32 Å². The molecule has 1 aromatic carbocycles. The summed E-state index contributed by atoms with van der Waals surface area (Å²) in [4.78, 5) is 17.0. The summed E-state index contributed by atoms with van der Waals surface area (Å²) in [5.41, 5.74) is 1.67. The van der Waals surface area contributed by atoms with Gasteiger partial charge in [0.05, 0.1) is 24.1 Å². The monoisotopic (exact) mass is 361 g/mol. The molecular formula is C20H16FN5O.